The first-order chi connectivity index (χ1) is 8.77. The number of esters is 1. The molecule has 0 saturated carbocycles. The summed E-state index contributed by atoms with van der Waals surface area (Å²) in [5.74, 6) is -3.36. The van der Waals surface area contributed by atoms with Crippen LogP contribution in [0.25, 0.3) is 10.2 Å². The molecule has 0 bridgehead atoms. The number of alkyl halides is 3. The minimum atomic E-state index is -4.49. The van der Waals surface area contributed by atoms with E-state index in [2.05, 4.69) is 9.72 Å². The quantitative estimate of drug-likeness (QED) is 0.644. The maximum Gasteiger partial charge on any atom is 0.424 e. The van der Waals surface area contributed by atoms with E-state index in [0.717, 1.165) is 18.2 Å². The van der Waals surface area contributed by atoms with Gasteiger partial charge in [-0.25, -0.2) is 14.6 Å². The van der Waals surface area contributed by atoms with E-state index in [1.807, 2.05) is 0 Å². The fourth-order valence-corrected chi connectivity index (χ4v) is 2.10. The molecular formula is C10H4F3NO4S. The molecule has 0 spiro atoms. The second kappa shape index (κ2) is 4.50. The molecule has 0 aliphatic heterocycles. The van der Waals surface area contributed by atoms with E-state index in [9.17, 15) is 22.8 Å². The molecule has 5 nitrogen and oxygen atoms in total. The topological polar surface area (TPSA) is 76.5 Å². The van der Waals surface area contributed by atoms with Crippen molar-refractivity contribution in [2.75, 3.05) is 0 Å². The number of thiazole rings is 1. The molecule has 0 saturated heterocycles. The van der Waals surface area contributed by atoms with Gasteiger partial charge in [0.25, 0.3) is 5.19 Å². The van der Waals surface area contributed by atoms with Crippen molar-refractivity contribution in [3.8, 4) is 5.19 Å². The molecule has 0 atom stereocenters. The van der Waals surface area contributed by atoms with Crippen LogP contribution in [-0.4, -0.2) is 22.0 Å². The zero-order valence-electron chi connectivity index (χ0n) is 8.89. The average Bonchev–Trinajstić information content (AvgIpc) is 2.68. The van der Waals surface area contributed by atoms with E-state index in [1.54, 1.807) is 0 Å². The van der Waals surface area contributed by atoms with Crippen LogP contribution >= 0.6 is 11.3 Å². The molecule has 0 aliphatic carbocycles. The summed E-state index contributed by atoms with van der Waals surface area (Å²) in [5, 5.41) is 8.00. The highest BCUT2D eigenvalue weighted by molar-refractivity contribution is 7.20. The van der Waals surface area contributed by atoms with Gasteiger partial charge in [-0.05, 0) is 18.2 Å². The Hall–Kier alpha value is -2.16. The van der Waals surface area contributed by atoms with E-state index in [4.69, 9.17) is 5.11 Å². The molecule has 1 N–H and O–H groups in total. The highest BCUT2D eigenvalue weighted by Crippen LogP contribution is 2.34. The number of rotatable bonds is 1. The number of aliphatic carboxylic acids is 1. The average molecular weight is 291 g/mol. The van der Waals surface area contributed by atoms with Crippen molar-refractivity contribution >= 4 is 33.5 Å². The van der Waals surface area contributed by atoms with Gasteiger partial charge in [0.2, 0.25) is 0 Å². The van der Waals surface area contributed by atoms with Crippen LogP contribution < -0.4 is 4.74 Å². The van der Waals surface area contributed by atoms with Crippen LogP contribution in [0, 0.1) is 0 Å². The summed E-state index contributed by atoms with van der Waals surface area (Å²) in [4.78, 5) is 24.7. The van der Waals surface area contributed by atoms with Gasteiger partial charge in [0.1, 0.15) is 0 Å². The number of hydrogen-bond acceptors (Lipinski definition) is 5. The normalized spacial score (nSPS) is 11.5. The molecule has 0 radical (unpaired) electrons. The Kier molecular flexibility index (Phi) is 3.14. The number of ether oxygens (including phenoxy) is 1. The summed E-state index contributed by atoms with van der Waals surface area (Å²) in [6, 6.07) is 2.81. The summed E-state index contributed by atoms with van der Waals surface area (Å²) in [6.45, 7) is 0. The van der Waals surface area contributed by atoms with Gasteiger partial charge in [0.05, 0.1) is 15.8 Å². The lowest BCUT2D eigenvalue weighted by Gasteiger charge is -2.04. The van der Waals surface area contributed by atoms with E-state index < -0.39 is 23.7 Å². The number of carboxylic acid groups (broad SMARTS) is 1. The zero-order valence-corrected chi connectivity index (χ0v) is 9.71. The number of carbonyl (C=O) groups excluding carboxylic acids is 1. The fraction of sp³-hybridized carbons (Fsp3) is 0.100. The lowest BCUT2D eigenvalue weighted by molar-refractivity contribution is -0.158. The number of carboxylic acids is 1. The van der Waals surface area contributed by atoms with Crippen LogP contribution in [0.4, 0.5) is 13.2 Å². The van der Waals surface area contributed by atoms with Gasteiger partial charge in [0, 0.05) is 0 Å². The van der Waals surface area contributed by atoms with Crippen LogP contribution in [-0.2, 0) is 15.8 Å². The van der Waals surface area contributed by atoms with Crippen molar-refractivity contribution in [1.29, 1.82) is 0 Å². The summed E-state index contributed by atoms with van der Waals surface area (Å²) in [6.07, 6.45) is -4.49. The third-order valence-electron chi connectivity index (χ3n) is 2.05. The molecule has 0 aliphatic rings. The Morgan fingerprint density at radius 2 is 2.00 bits per heavy atom. The highest BCUT2D eigenvalue weighted by Gasteiger charge is 2.31. The molecule has 100 valence electrons. The van der Waals surface area contributed by atoms with Crippen molar-refractivity contribution in [3.05, 3.63) is 23.8 Å². The van der Waals surface area contributed by atoms with E-state index in [-0.39, 0.29) is 15.4 Å². The smallest absolute Gasteiger partial charge is 0.424 e. The van der Waals surface area contributed by atoms with Gasteiger partial charge in [-0.3, -0.25) is 0 Å². The number of nitrogens with zero attached hydrogens (tertiary/aromatic N) is 1. The van der Waals surface area contributed by atoms with Crippen LogP contribution in [0.2, 0.25) is 0 Å². The van der Waals surface area contributed by atoms with Crippen molar-refractivity contribution < 1.29 is 32.6 Å². The van der Waals surface area contributed by atoms with Gasteiger partial charge in [-0.1, -0.05) is 11.3 Å². The van der Waals surface area contributed by atoms with Gasteiger partial charge >= 0.3 is 18.1 Å². The Morgan fingerprint density at radius 1 is 1.32 bits per heavy atom. The Balaban J connectivity index is 2.36. The predicted octanol–water partition coefficient (Wildman–Crippen LogP) is 2.31. The second-order valence-corrected chi connectivity index (χ2v) is 4.35. The maximum absolute atomic E-state index is 12.5. The number of halogens is 3. The highest BCUT2D eigenvalue weighted by atomic mass is 32.1. The first-order valence-electron chi connectivity index (χ1n) is 4.70. The summed E-state index contributed by atoms with van der Waals surface area (Å²) in [7, 11) is 0. The van der Waals surface area contributed by atoms with Crippen molar-refractivity contribution in [2.45, 2.75) is 6.18 Å². The Morgan fingerprint density at radius 3 is 2.58 bits per heavy atom. The third kappa shape index (κ3) is 2.81. The Labute approximate surface area is 107 Å². The zero-order chi connectivity index (χ0) is 14.2. The van der Waals surface area contributed by atoms with Crippen molar-refractivity contribution in [1.82, 2.24) is 4.98 Å². The largest absolute Gasteiger partial charge is 0.473 e. The lowest BCUT2D eigenvalue weighted by atomic mass is 10.2. The lowest BCUT2D eigenvalue weighted by Crippen LogP contribution is -2.19. The SMILES string of the molecule is O=C(O)C(=O)Oc1nc2ccc(C(F)(F)F)cc2s1. The summed E-state index contributed by atoms with van der Waals surface area (Å²) in [5.41, 5.74) is -0.675. The predicted molar refractivity (Wildman–Crippen MR) is 57.9 cm³/mol. The van der Waals surface area contributed by atoms with E-state index in [0.29, 0.717) is 11.3 Å². The first kappa shape index (κ1) is 13.3. The number of aromatic nitrogens is 1. The van der Waals surface area contributed by atoms with Crippen LogP contribution in [0.5, 0.6) is 5.19 Å². The molecule has 19 heavy (non-hydrogen) atoms. The van der Waals surface area contributed by atoms with Crippen LogP contribution in [0.3, 0.4) is 0 Å². The third-order valence-corrected chi connectivity index (χ3v) is 2.95. The van der Waals surface area contributed by atoms with Crippen molar-refractivity contribution in [2.24, 2.45) is 0 Å². The molecule has 1 aromatic carbocycles. The minimum Gasteiger partial charge on any atom is -0.473 e. The summed E-state index contributed by atoms with van der Waals surface area (Å²) >= 11 is 0.656. The van der Waals surface area contributed by atoms with Gasteiger partial charge in [0.15, 0.2) is 0 Å². The van der Waals surface area contributed by atoms with Gasteiger partial charge in [-0.15, -0.1) is 0 Å². The number of benzene rings is 1. The second-order valence-electron chi connectivity index (χ2n) is 3.35. The number of hydrogen-bond donors (Lipinski definition) is 1. The minimum absolute atomic E-state index is 0.142. The number of carbonyl (C=O) groups is 2. The molecule has 0 fully saturated rings. The molecular weight excluding hydrogens is 287 g/mol. The van der Waals surface area contributed by atoms with Gasteiger partial charge in [-0.2, -0.15) is 13.2 Å². The standard InChI is InChI=1S/C10H4F3NO4S/c11-10(12,13)4-1-2-5-6(3-4)19-9(14-5)18-8(17)7(15)16/h1-3H,(H,15,16). The molecule has 2 aromatic rings. The van der Waals surface area contributed by atoms with Gasteiger partial charge < -0.3 is 9.84 Å². The van der Waals surface area contributed by atoms with E-state index >= 15 is 0 Å². The molecule has 0 unspecified atom stereocenters. The van der Waals surface area contributed by atoms with Crippen LogP contribution in [0.15, 0.2) is 18.2 Å². The fourth-order valence-electron chi connectivity index (χ4n) is 1.25. The molecule has 1 aromatic heterocycles. The molecule has 0 amide bonds. The molecule has 1 heterocycles. The summed E-state index contributed by atoms with van der Waals surface area (Å²) < 4.78 is 41.9. The molecule has 2 rings (SSSR count). The van der Waals surface area contributed by atoms with Crippen molar-refractivity contribution in [3.63, 3.8) is 0 Å². The first-order valence-corrected chi connectivity index (χ1v) is 5.52. The van der Waals surface area contributed by atoms with Crippen LogP contribution in [0.1, 0.15) is 5.56 Å². The molecule has 9 heteroatoms. The maximum atomic E-state index is 12.5. The number of fused-ring (bicyclic) bond motifs is 1. The Bertz CT molecular complexity index is 664. The monoisotopic (exact) mass is 291 g/mol. The van der Waals surface area contributed by atoms with E-state index in [1.165, 1.54) is 0 Å².